The van der Waals surface area contributed by atoms with E-state index >= 15 is 4.79 Å². The number of rotatable bonds is 20. The molecule has 2 atom stereocenters. The molecule has 2 saturated heterocycles. The normalized spacial score (nSPS) is 16.2. The predicted octanol–water partition coefficient (Wildman–Crippen LogP) is 5.60. The van der Waals surface area contributed by atoms with Crippen molar-refractivity contribution >= 4 is 62.9 Å². The van der Waals surface area contributed by atoms with Gasteiger partial charge in [-0.1, -0.05) is 36.4 Å². The third-order valence-electron chi connectivity index (χ3n) is 14.0. The summed E-state index contributed by atoms with van der Waals surface area (Å²) in [5.74, 6) is 1.01. The van der Waals surface area contributed by atoms with Gasteiger partial charge < -0.3 is 30.0 Å². The summed E-state index contributed by atoms with van der Waals surface area (Å²) >= 11 is 12.9. The number of aliphatic hydroxyl groups excluding tert-OH is 2. The molecular weight excluding hydrogens is 984 g/mol. The second-order valence-electron chi connectivity index (χ2n) is 19.3. The van der Waals surface area contributed by atoms with Gasteiger partial charge >= 0.3 is 0 Å². The molecule has 0 aliphatic carbocycles. The highest BCUT2D eigenvalue weighted by atomic mass is 35.5. The molecule has 388 valence electrons. The van der Waals surface area contributed by atoms with Crippen LogP contribution >= 0.6 is 23.2 Å². The summed E-state index contributed by atoms with van der Waals surface area (Å²) in [6.07, 6.45) is 7.33. The Morgan fingerprint density at radius 1 is 0.581 bits per heavy atom. The first kappa shape index (κ1) is 51.1. The van der Waals surface area contributed by atoms with Crippen molar-refractivity contribution in [1.82, 2.24) is 78.2 Å². The van der Waals surface area contributed by atoms with Crippen molar-refractivity contribution in [3.63, 3.8) is 0 Å². The highest BCUT2D eigenvalue weighted by molar-refractivity contribution is 6.29. The lowest BCUT2D eigenvalue weighted by molar-refractivity contribution is -0.132. The van der Waals surface area contributed by atoms with Gasteiger partial charge in [0.15, 0.2) is 39.7 Å². The van der Waals surface area contributed by atoms with E-state index in [9.17, 15) is 10.2 Å². The number of para-hydroxylation sites is 2. The lowest BCUT2D eigenvalue weighted by Crippen LogP contribution is -2.54. The van der Waals surface area contributed by atoms with E-state index < -0.39 is 12.1 Å². The molecule has 23 heteroatoms. The second-order valence-corrected chi connectivity index (χ2v) is 19.9. The number of nitrogens with one attached hydrogen (secondary N) is 2. The Balaban J connectivity index is 0.969. The molecule has 10 rings (SSSR count). The van der Waals surface area contributed by atoms with Crippen molar-refractivity contribution in [1.29, 1.82) is 0 Å². The molecule has 2 aliphatic rings. The molecule has 2 aromatic carbocycles. The average molecular weight is 1050 g/mol. The van der Waals surface area contributed by atoms with E-state index in [0.29, 0.717) is 124 Å². The number of Topliss-reactive ketones (excluding diaryl/α,β-unsaturated/α-hetero) is 1. The first-order valence-electron chi connectivity index (χ1n) is 25.2. The summed E-state index contributed by atoms with van der Waals surface area (Å²) in [6, 6.07) is 18.7. The van der Waals surface area contributed by atoms with Crippen molar-refractivity contribution in [3.05, 3.63) is 119 Å². The van der Waals surface area contributed by atoms with Crippen LogP contribution in [0.4, 0.5) is 11.6 Å². The Morgan fingerprint density at radius 2 is 0.986 bits per heavy atom. The lowest BCUT2D eigenvalue weighted by Gasteiger charge is -2.42. The number of carbonyl (C=O) groups is 1. The maximum absolute atomic E-state index is 16.0. The van der Waals surface area contributed by atoms with Crippen molar-refractivity contribution < 1.29 is 15.0 Å². The van der Waals surface area contributed by atoms with Crippen LogP contribution in [0.3, 0.4) is 0 Å². The van der Waals surface area contributed by atoms with E-state index in [1.165, 1.54) is 0 Å². The Morgan fingerprint density at radius 3 is 1.38 bits per heavy atom. The maximum Gasteiger partial charge on any atom is 0.226 e. The third-order valence-corrected chi connectivity index (χ3v) is 14.3. The summed E-state index contributed by atoms with van der Waals surface area (Å²) in [5.41, 5.74) is 7.31. The van der Waals surface area contributed by atoms with Crippen molar-refractivity contribution in [2.45, 2.75) is 65.0 Å². The van der Waals surface area contributed by atoms with Gasteiger partial charge in [0, 0.05) is 103 Å². The summed E-state index contributed by atoms with van der Waals surface area (Å²) in [7, 11) is 0. The fraction of sp³-hybridized carbons (Fsp3) is 0.431. The van der Waals surface area contributed by atoms with Gasteiger partial charge in [0.2, 0.25) is 10.6 Å². The van der Waals surface area contributed by atoms with Crippen LogP contribution < -0.4 is 10.6 Å². The largest absolute Gasteiger partial charge is 0.395 e. The summed E-state index contributed by atoms with van der Waals surface area (Å²) < 4.78 is 7.60. The molecule has 4 N–H and O–H groups in total. The molecule has 0 saturated carbocycles. The van der Waals surface area contributed by atoms with Crippen LogP contribution in [-0.4, -0.2) is 173 Å². The number of aliphatic hydroxyl groups is 2. The summed E-state index contributed by atoms with van der Waals surface area (Å²) in [4.78, 5) is 52.1. The first-order valence-corrected chi connectivity index (χ1v) is 26.0. The van der Waals surface area contributed by atoms with Gasteiger partial charge in [-0.15, -0.1) is 0 Å². The fourth-order valence-electron chi connectivity index (χ4n) is 10.1. The van der Waals surface area contributed by atoms with Crippen LogP contribution in [0.5, 0.6) is 0 Å². The van der Waals surface area contributed by atoms with Gasteiger partial charge in [0.1, 0.15) is 12.1 Å². The Hall–Kier alpha value is -6.43. The van der Waals surface area contributed by atoms with Crippen LogP contribution in [0.2, 0.25) is 10.6 Å². The number of carbonyl (C=O) groups excluding carboxylic acids is 1. The van der Waals surface area contributed by atoms with Gasteiger partial charge in [-0.25, -0.2) is 19.3 Å². The van der Waals surface area contributed by atoms with Gasteiger partial charge in [-0.3, -0.25) is 24.4 Å². The molecule has 8 heterocycles. The highest BCUT2D eigenvalue weighted by Gasteiger charge is 2.41. The van der Waals surface area contributed by atoms with E-state index in [1.54, 1.807) is 12.7 Å². The van der Waals surface area contributed by atoms with Gasteiger partial charge in [-0.05, 0) is 86.3 Å². The van der Waals surface area contributed by atoms with Crippen molar-refractivity contribution in [2.24, 2.45) is 0 Å². The average Bonchev–Trinajstić information content (AvgIpc) is 4.25. The van der Waals surface area contributed by atoms with Gasteiger partial charge in [0.05, 0.1) is 48.6 Å². The van der Waals surface area contributed by atoms with Gasteiger partial charge in [-0.2, -0.15) is 30.1 Å². The van der Waals surface area contributed by atoms with E-state index in [2.05, 4.69) is 87.8 Å². The number of fused-ring (bicyclic) bond motifs is 2. The molecule has 21 nitrogen and oxygen atoms in total. The molecule has 0 spiro atoms. The molecule has 8 aromatic rings. The number of nitrogens with zero attached hydrogens (tertiary/aromatic N) is 16. The van der Waals surface area contributed by atoms with Crippen LogP contribution in [0.15, 0.2) is 85.7 Å². The SMILES string of the molecule is CC(C)n1cnc2c(NCc3ccccc3-n3ccc(C(C(=O)C(c4ccn(-c5ccccc5CNc5nc(Cl)nc6c5ncn6C(C)C)n4)N4CCN(CCO)CC4)N4CCN(CCO)CC4)n3)nc(Cl)nc21. The molecule has 0 amide bonds. The molecule has 74 heavy (non-hydrogen) atoms. The number of aromatic nitrogens is 12. The van der Waals surface area contributed by atoms with E-state index in [4.69, 9.17) is 33.4 Å². The van der Waals surface area contributed by atoms with Crippen molar-refractivity contribution in [2.75, 3.05) is 89.3 Å². The number of β-amino-alcohol motifs (C(OH)–C–C–N with tert-alkyl or cyclic N) is 2. The molecule has 0 radical (unpaired) electrons. The van der Waals surface area contributed by atoms with E-state index in [0.717, 1.165) is 22.5 Å². The maximum atomic E-state index is 16.0. The number of halogens is 2. The Bertz CT molecular complexity index is 3000. The second kappa shape index (κ2) is 22.6. The Kier molecular flexibility index (Phi) is 15.6. The number of imidazole rings is 2. The third kappa shape index (κ3) is 10.7. The van der Waals surface area contributed by atoms with E-state index in [-0.39, 0.29) is 41.6 Å². The molecule has 2 unspecified atom stereocenters. The minimum absolute atomic E-state index is 0.0346. The topological polar surface area (TPSA) is 217 Å². The number of hydrogen-bond donors (Lipinski definition) is 4. The van der Waals surface area contributed by atoms with Crippen LogP contribution in [-0.2, 0) is 17.9 Å². The van der Waals surface area contributed by atoms with Crippen LogP contribution in [0, 0.1) is 0 Å². The standard InChI is InChI=1S/C51H62Cl2N18O3/c1-33(2)68-31-56-41-46(58-50(52)60-48(41)68)54-29-35-9-5-7-11-39(35)70-15-13-37(62-70)43(66-21-17-64(18-22-66)25-27-72)45(74)44(67-23-19-65(20-24-67)26-28-73)38-14-16-71(63-38)40-12-8-6-10-36(40)30-55-47-42-49(61-51(53)59-47)69(32-57-42)34(3)4/h5-16,31-34,43-44,72-73H,17-30H2,1-4H3,(H,54,58,60)(H,55,59,61). The van der Waals surface area contributed by atoms with Crippen LogP contribution in [0.1, 0.15) is 74.4 Å². The fourth-order valence-corrected chi connectivity index (χ4v) is 10.4. The highest BCUT2D eigenvalue weighted by Crippen LogP contribution is 2.34. The minimum atomic E-state index is -0.733. The number of anilines is 2. The van der Waals surface area contributed by atoms with Gasteiger partial charge in [0.25, 0.3) is 0 Å². The number of piperazine rings is 2. The summed E-state index contributed by atoms with van der Waals surface area (Å²) in [6.45, 7) is 15.4. The lowest BCUT2D eigenvalue weighted by atomic mass is 9.95. The van der Waals surface area contributed by atoms with E-state index in [1.807, 2.05) is 91.6 Å². The zero-order chi connectivity index (χ0) is 51.5. The zero-order valence-corrected chi connectivity index (χ0v) is 43.5. The quantitative estimate of drug-likeness (QED) is 0.0683. The minimum Gasteiger partial charge on any atom is -0.395 e. The number of benzene rings is 2. The van der Waals surface area contributed by atoms with Crippen LogP contribution in [0.25, 0.3) is 33.7 Å². The smallest absolute Gasteiger partial charge is 0.226 e. The molecule has 2 fully saturated rings. The summed E-state index contributed by atoms with van der Waals surface area (Å²) in [5, 5.41) is 37.3. The molecule has 6 aromatic heterocycles. The number of ketones is 1. The van der Waals surface area contributed by atoms with Crippen molar-refractivity contribution in [3.8, 4) is 11.4 Å². The predicted molar refractivity (Wildman–Crippen MR) is 284 cm³/mol. The molecule has 0 bridgehead atoms. The molecular formula is C51H62Cl2N18O3. The molecule has 2 aliphatic heterocycles. The Labute approximate surface area is 438 Å². The first-order chi connectivity index (χ1) is 36.0. The monoisotopic (exact) mass is 1040 g/mol. The zero-order valence-electron chi connectivity index (χ0n) is 42.0. The number of hydrogen-bond acceptors (Lipinski definition) is 17.